The number of rotatable bonds is 8. The van der Waals surface area contributed by atoms with Crippen LogP contribution >= 0.6 is 11.6 Å². The van der Waals surface area contributed by atoms with Gasteiger partial charge < -0.3 is 14.8 Å². The van der Waals surface area contributed by atoms with E-state index in [0.717, 1.165) is 17.5 Å². The molecule has 1 atom stereocenters. The number of nitrogens with one attached hydrogen (secondary N) is 1. The van der Waals surface area contributed by atoms with Gasteiger partial charge in [-0.05, 0) is 54.3 Å². The molecule has 0 aromatic heterocycles. The van der Waals surface area contributed by atoms with Gasteiger partial charge in [0.15, 0.2) is 21.3 Å². The molecule has 1 aliphatic rings. The SMILES string of the molecule is COc1cc(CNCC2CCS(=O)(=O)C2)ccc1OCc1ccc(Cl)cc1. The highest BCUT2D eigenvalue weighted by atomic mass is 35.5. The Morgan fingerprint density at radius 1 is 1.11 bits per heavy atom. The van der Waals surface area contributed by atoms with Crippen molar-refractivity contribution >= 4 is 21.4 Å². The van der Waals surface area contributed by atoms with Crippen molar-refractivity contribution in [3.63, 3.8) is 0 Å². The fourth-order valence-corrected chi connectivity index (χ4v) is 5.12. The van der Waals surface area contributed by atoms with Crippen molar-refractivity contribution in [1.29, 1.82) is 0 Å². The largest absolute Gasteiger partial charge is 0.493 e. The number of methoxy groups -OCH3 is 1. The number of hydrogen-bond donors (Lipinski definition) is 1. The number of hydrogen-bond acceptors (Lipinski definition) is 5. The molecule has 7 heteroatoms. The fraction of sp³-hybridized carbons (Fsp3) is 0.400. The average Bonchev–Trinajstić information content (AvgIpc) is 3.00. The zero-order valence-electron chi connectivity index (χ0n) is 15.3. The molecule has 2 aromatic carbocycles. The van der Waals surface area contributed by atoms with E-state index in [1.165, 1.54) is 0 Å². The molecule has 0 bridgehead atoms. The monoisotopic (exact) mass is 409 g/mol. The quantitative estimate of drug-likeness (QED) is 0.723. The highest BCUT2D eigenvalue weighted by Crippen LogP contribution is 2.29. The highest BCUT2D eigenvalue weighted by Gasteiger charge is 2.27. The molecular weight excluding hydrogens is 386 g/mol. The van der Waals surface area contributed by atoms with Gasteiger partial charge in [-0.25, -0.2) is 8.42 Å². The summed E-state index contributed by atoms with van der Waals surface area (Å²) in [6.45, 7) is 1.79. The molecule has 1 aliphatic heterocycles. The van der Waals surface area contributed by atoms with Gasteiger partial charge in [0.2, 0.25) is 0 Å². The van der Waals surface area contributed by atoms with Gasteiger partial charge in [-0.3, -0.25) is 0 Å². The molecule has 1 heterocycles. The van der Waals surface area contributed by atoms with Crippen LogP contribution in [-0.4, -0.2) is 33.6 Å². The van der Waals surface area contributed by atoms with E-state index < -0.39 is 9.84 Å². The van der Waals surface area contributed by atoms with Gasteiger partial charge in [0.05, 0.1) is 18.6 Å². The van der Waals surface area contributed by atoms with Crippen LogP contribution in [0.1, 0.15) is 17.5 Å². The molecule has 27 heavy (non-hydrogen) atoms. The summed E-state index contributed by atoms with van der Waals surface area (Å²) in [6, 6.07) is 13.3. The molecule has 1 N–H and O–H groups in total. The van der Waals surface area contributed by atoms with Crippen LogP contribution in [0.2, 0.25) is 5.02 Å². The molecule has 0 amide bonds. The molecular formula is C20H24ClNO4S. The van der Waals surface area contributed by atoms with Crippen molar-refractivity contribution in [2.75, 3.05) is 25.2 Å². The van der Waals surface area contributed by atoms with E-state index in [1.54, 1.807) is 7.11 Å². The van der Waals surface area contributed by atoms with Crippen molar-refractivity contribution < 1.29 is 17.9 Å². The van der Waals surface area contributed by atoms with E-state index in [2.05, 4.69) is 5.32 Å². The summed E-state index contributed by atoms with van der Waals surface area (Å²) in [5.74, 6) is 2.16. The molecule has 0 radical (unpaired) electrons. The van der Waals surface area contributed by atoms with Crippen LogP contribution in [0.15, 0.2) is 42.5 Å². The van der Waals surface area contributed by atoms with Crippen LogP contribution in [0, 0.1) is 5.92 Å². The Balaban J connectivity index is 1.53. The lowest BCUT2D eigenvalue weighted by Crippen LogP contribution is -2.23. The molecule has 5 nitrogen and oxygen atoms in total. The first kappa shape index (κ1) is 20.0. The Hall–Kier alpha value is -1.76. The summed E-state index contributed by atoms with van der Waals surface area (Å²) in [6.07, 6.45) is 0.746. The average molecular weight is 410 g/mol. The van der Waals surface area contributed by atoms with E-state index in [4.69, 9.17) is 21.1 Å². The van der Waals surface area contributed by atoms with Crippen LogP contribution < -0.4 is 14.8 Å². The Bertz CT molecular complexity index is 868. The second-order valence-corrected chi connectivity index (χ2v) is 9.47. The van der Waals surface area contributed by atoms with Gasteiger partial charge in [0.25, 0.3) is 0 Å². The molecule has 0 aliphatic carbocycles. The van der Waals surface area contributed by atoms with Crippen molar-refractivity contribution in [1.82, 2.24) is 5.32 Å². The van der Waals surface area contributed by atoms with Crippen molar-refractivity contribution in [3.8, 4) is 11.5 Å². The number of halogens is 1. The summed E-state index contributed by atoms with van der Waals surface area (Å²) in [7, 11) is -1.21. The maximum absolute atomic E-state index is 11.5. The van der Waals surface area contributed by atoms with Gasteiger partial charge in [-0.15, -0.1) is 0 Å². The Labute approximate surface area is 165 Å². The number of ether oxygens (including phenoxy) is 2. The van der Waals surface area contributed by atoms with Crippen LogP contribution in [0.4, 0.5) is 0 Å². The number of sulfone groups is 1. The standard InChI is InChI=1S/C20H24ClNO4S/c1-25-20-10-16(11-22-12-17-8-9-27(23,24)14-17)4-7-19(20)26-13-15-2-5-18(21)6-3-15/h2-7,10,17,22H,8-9,11-14H2,1H3. The second kappa shape index (κ2) is 8.95. The third-order valence-corrected chi connectivity index (χ3v) is 6.71. The van der Waals surface area contributed by atoms with Gasteiger partial charge in [0.1, 0.15) is 6.61 Å². The lowest BCUT2D eigenvalue weighted by Gasteiger charge is -2.14. The minimum atomic E-state index is -2.82. The number of benzene rings is 2. The third-order valence-electron chi connectivity index (χ3n) is 4.62. The van der Waals surface area contributed by atoms with Crippen molar-refractivity contribution in [2.45, 2.75) is 19.6 Å². The van der Waals surface area contributed by atoms with Gasteiger partial charge >= 0.3 is 0 Å². The highest BCUT2D eigenvalue weighted by molar-refractivity contribution is 7.91. The van der Waals surface area contributed by atoms with E-state index in [0.29, 0.717) is 47.7 Å². The Kier molecular flexibility index (Phi) is 6.63. The molecule has 0 spiro atoms. The third kappa shape index (κ3) is 5.86. The second-order valence-electron chi connectivity index (χ2n) is 6.80. The van der Waals surface area contributed by atoms with Gasteiger partial charge in [-0.2, -0.15) is 0 Å². The van der Waals surface area contributed by atoms with Crippen LogP contribution in [0.3, 0.4) is 0 Å². The van der Waals surface area contributed by atoms with Gasteiger partial charge in [0, 0.05) is 11.6 Å². The first-order valence-electron chi connectivity index (χ1n) is 8.90. The van der Waals surface area contributed by atoms with E-state index in [9.17, 15) is 8.42 Å². The van der Waals surface area contributed by atoms with Gasteiger partial charge in [-0.1, -0.05) is 29.8 Å². The molecule has 3 rings (SSSR count). The summed E-state index contributed by atoms with van der Waals surface area (Å²) in [5.41, 5.74) is 2.09. The molecule has 2 aromatic rings. The predicted molar refractivity (Wildman–Crippen MR) is 107 cm³/mol. The summed E-state index contributed by atoms with van der Waals surface area (Å²) in [5, 5.41) is 4.04. The van der Waals surface area contributed by atoms with Crippen LogP contribution in [-0.2, 0) is 23.0 Å². The lowest BCUT2D eigenvalue weighted by molar-refractivity contribution is 0.284. The molecule has 1 saturated heterocycles. The Morgan fingerprint density at radius 2 is 1.85 bits per heavy atom. The maximum atomic E-state index is 11.5. The van der Waals surface area contributed by atoms with Crippen molar-refractivity contribution in [3.05, 3.63) is 58.6 Å². The lowest BCUT2D eigenvalue weighted by atomic mass is 10.1. The van der Waals surface area contributed by atoms with E-state index in [-0.39, 0.29) is 5.92 Å². The van der Waals surface area contributed by atoms with Crippen LogP contribution in [0.5, 0.6) is 11.5 Å². The molecule has 1 fully saturated rings. The van der Waals surface area contributed by atoms with Crippen LogP contribution in [0.25, 0.3) is 0 Å². The zero-order valence-corrected chi connectivity index (χ0v) is 16.9. The topological polar surface area (TPSA) is 64.6 Å². The summed E-state index contributed by atoms with van der Waals surface area (Å²) >= 11 is 5.89. The van der Waals surface area contributed by atoms with E-state index >= 15 is 0 Å². The minimum Gasteiger partial charge on any atom is -0.493 e. The maximum Gasteiger partial charge on any atom is 0.161 e. The first-order chi connectivity index (χ1) is 12.9. The van der Waals surface area contributed by atoms with Crippen molar-refractivity contribution in [2.24, 2.45) is 5.92 Å². The summed E-state index contributed by atoms with van der Waals surface area (Å²) in [4.78, 5) is 0. The molecule has 146 valence electrons. The smallest absolute Gasteiger partial charge is 0.161 e. The Morgan fingerprint density at radius 3 is 2.52 bits per heavy atom. The van der Waals surface area contributed by atoms with E-state index in [1.807, 2.05) is 42.5 Å². The first-order valence-corrected chi connectivity index (χ1v) is 11.1. The molecule has 1 unspecified atom stereocenters. The minimum absolute atomic E-state index is 0.207. The fourth-order valence-electron chi connectivity index (χ4n) is 3.14. The molecule has 0 saturated carbocycles. The summed E-state index contributed by atoms with van der Waals surface area (Å²) < 4.78 is 34.3. The zero-order chi connectivity index (χ0) is 19.3. The normalized spacial score (nSPS) is 18.4. The predicted octanol–water partition coefficient (Wildman–Crippen LogP) is 3.45.